The van der Waals surface area contributed by atoms with Gasteiger partial charge in [0.1, 0.15) is 54.4 Å². The molecular weight excluding hydrogens is 1170 g/mol. The van der Waals surface area contributed by atoms with E-state index in [-0.39, 0.29) is 53.8 Å². The fourth-order valence-electron chi connectivity index (χ4n) is 9.15. The Hall–Kier alpha value is -7.46. The van der Waals surface area contributed by atoms with E-state index >= 15 is 4.39 Å². The van der Waals surface area contributed by atoms with Crippen LogP contribution >= 0.6 is 6.72 Å². The predicted molar refractivity (Wildman–Crippen MR) is 297 cm³/mol. The Bertz CT molecular complexity index is 3680. The maximum atomic E-state index is 16.3. The summed E-state index contributed by atoms with van der Waals surface area (Å²) in [5.41, 5.74) is -0.0429. The molecular formula is C50H60FN14O16PS2. The number of imidazole rings is 2. The third-order valence-electron chi connectivity index (χ3n) is 13.2. The van der Waals surface area contributed by atoms with E-state index in [1.54, 1.807) is 77.1 Å². The molecule has 6 aromatic rings. The van der Waals surface area contributed by atoms with Gasteiger partial charge in [0, 0.05) is 37.8 Å². The van der Waals surface area contributed by atoms with E-state index in [1.807, 2.05) is 0 Å². The molecule has 7 N–H and O–H groups in total. The van der Waals surface area contributed by atoms with Crippen LogP contribution in [0.15, 0.2) is 78.5 Å². The van der Waals surface area contributed by atoms with E-state index in [0.717, 1.165) is 6.33 Å². The van der Waals surface area contributed by atoms with E-state index in [4.69, 9.17) is 44.0 Å². The Balaban J connectivity index is 0.810. The van der Waals surface area contributed by atoms with Crippen molar-refractivity contribution in [3.05, 3.63) is 101 Å². The van der Waals surface area contributed by atoms with Gasteiger partial charge < -0.3 is 49.2 Å². The van der Waals surface area contributed by atoms with Crippen LogP contribution in [-0.2, 0) is 77.0 Å². The molecule has 0 spiro atoms. The Kier molecular flexibility index (Phi) is 18.2. The number of aromatic nitrogens is 8. The monoisotopic (exact) mass is 1230 g/mol. The molecule has 3 aliphatic heterocycles. The minimum absolute atomic E-state index is 0.0867. The van der Waals surface area contributed by atoms with Gasteiger partial charge in [-0.1, -0.05) is 44.2 Å². The van der Waals surface area contributed by atoms with Gasteiger partial charge in [-0.25, -0.2) is 38.1 Å². The van der Waals surface area contributed by atoms with Crippen LogP contribution in [0.3, 0.4) is 0 Å². The number of nitrogens with one attached hydrogen (secondary N) is 6. The number of fused-ring (bicyclic) bond motifs is 5. The van der Waals surface area contributed by atoms with Crippen LogP contribution in [0.2, 0.25) is 0 Å². The van der Waals surface area contributed by atoms with E-state index in [2.05, 4.69) is 55.9 Å². The summed E-state index contributed by atoms with van der Waals surface area (Å²) in [7, 11) is -3.27. The van der Waals surface area contributed by atoms with Crippen molar-refractivity contribution in [2.75, 3.05) is 30.8 Å². The quantitative estimate of drug-likeness (QED) is 0.0769. The van der Waals surface area contributed by atoms with Crippen LogP contribution < -0.4 is 31.5 Å². The van der Waals surface area contributed by atoms with Crippen LogP contribution in [0, 0.1) is 5.92 Å². The van der Waals surface area contributed by atoms with Crippen molar-refractivity contribution in [2.24, 2.45) is 5.92 Å². The maximum Gasteiger partial charge on any atom is 0.410 e. The first-order valence-electron chi connectivity index (χ1n) is 26.1. The molecule has 1 unspecified atom stereocenters. The minimum Gasteiger partial charge on any atom is -0.445 e. The molecule has 2 aromatic carbocycles. The number of anilines is 2. The first kappa shape index (κ1) is 61.1. The number of nitrogens with zero attached hydrogens (tertiary/aromatic N) is 8. The van der Waals surface area contributed by atoms with E-state index < -0.39 is 126 Å². The second-order valence-electron chi connectivity index (χ2n) is 21.1. The number of alkyl carbamates (subject to hydrolysis) is 1. The van der Waals surface area contributed by atoms with Crippen LogP contribution in [0.5, 0.6) is 0 Å². The molecule has 84 heavy (non-hydrogen) atoms. The van der Waals surface area contributed by atoms with Crippen molar-refractivity contribution in [3.8, 4) is 0 Å². The van der Waals surface area contributed by atoms with Gasteiger partial charge >= 0.3 is 29.2 Å². The number of benzene rings is 2. The Morgan fingerprint density at radius 3 is 2.42 bits per heavy atom. The summed E-state index contributed by atoms with van der Waals surface area (Å²) in [6.07, 6.45) is -7.00. The highest BCUT2D eigenvalue weighted by molar-refractivity contribution is 8.07. The van der Waals surface area contributed by atoms with Crippen molar-refractivity contribution in [2.45, 2.75) is 122 Å². The van der Waals surface area contributed by atoms with Crippen molar-refractivity contribution in [3.63, 3.8) is 0 Å². The molecule has 0 saturated carbocycles. The Morgan fingerprint density at radius 2 is 1.68 bits per heavy atom. The highest BCUT2D eigenvalue weighted by Gasteiger charge is 2.51. The third-order valence-corrected chi connectivity index (χ3v) is 15.8. The summed E-state index contributed by atoms with van der Waals surface area (Å²) in [4.78, 5) is 115. The molecule has 34 heteroatoms. The largest absolute Gasteiger partial charge is 0.445 e. The minimum atomic E-state index is -4.73. The van der Waals surface area contributed by atoms with E-state index in [0.29, 0.717) is 22.3 Å². The molecule has 2 bridgehead atoms. The highest BCUT2D eigenvalue weighted by atomic mass is 32.5. The number of aromatic amines is 1. The molecule has 5 amide bonds. The van der Waals surface area contributed by atoms with Gasteiger partial charge in [0.2, 0.25) is 17.8 Å². The second kappa shape index (κ2) is 25.0. The zero-order valence-electron chi connectivity index (χ0n) is 46.0. The lowest BCUT2D eigenvalue weighted by atomic mass is 10.0. The zero-order chi connectivity index (χ0) is 60.4. The number of carbonyl (C=O) groups excluding carboxylic acids is 5. The number of hydrogen-bond acceptors (Lipinski definition) is 21. The maximum absolute atomic E-state index is 16.3. The van der Waals surface area contributed by atoms with Crippen molar-refractivity contribution in [1.82, 2.24) is 59.3 Å². The van der Waals surface area contributed by atoms with Gasteiger partial charge in [-0.3, -0.25) is 43.1 Å². The number of H-pyrrole nitrogens is 1. The molecule has 450 valence electrons. The predicted octanol–water partition coefficient (Wildman–Crippen LogP) is 3.35. The van der Waals surface area contributed by atoms with Gasteiger partial charge in [0.25, 0.3) is 11.5 Å². The summed E-state index contributed by atoms with van der Waals surface area (Å²) in [5.74, 6) is -2.52. The summed E-state index contributed by atoms with van der Waals surface area (Å²) < 4.78 is 88.1. The van der Waals surface area contributed by atoms with Crippen LogP contribution in [0.4, 0.5) is 25.6 Å². The first-order valence-corrected chi connectivity index (χ1v) is 30.1. The molecule has 9 rings (SSSR count). The lowest BCUT2D eigenvalue weighted by Crippen LogP contribution is -2.54. The SMILES string of the molecule is CC(C)[C@H](NC(=O)OC(C)(C)C)C(=O)N[C@@H](C)C(=O)Nc1ccc(COC(=O)N(C)Cc2ccccc2C(=O)Nc2nc3c(ncn3[C@@H]3O[C@@H]4COP(O)(=S)O[C@H]5[C@@H](F)[C@H](n6cnc7cncnc76)O[C@@H]5CNS(=O)(=O)O[C@@H]3C4)c(=O)[nH]2)cc1. The number of amides is 5. The molecule has 3 fully saturated rings. The van der Waals surface area contributed by atoms with Gasteiger partial charge in [0.05, 0.1) is 31.6 Å². The van der Waals surface area contributed by atoms with Crippen molar-refractivity contribution < 1.29 is 73.9 Å². The standard InChI is InChI=1S/C50H60FN14O16PS2/c1-25(2)36(59-48(70)79-50(4,5)6)43(68)57-26(3)41(66)58-29-14-12-27(13-15-29)20-75-49(71)63(7)19-28-10-8-9-11-31(28)42(67)61-47-60-40-37(44(69)62-47)55-24-65(40)45-33-16-30(77-45)21-76-82(72,83)80-38-34(18-56-84(73,74)81-33)78-46(35(38)51)64-23-54-32-17-52-22-53-39(32)64/h8-15,17,22-26,30,33-36,38,45-46,56H,16,18-21H2,1-7H3,(H,57,68)(H,58,66)(H,59,70)(H,72,83)(H2,60,61,62,67,69)/t26-,30-,33+,34+,35+,36-,38+,45+,46+,82?/m0/s1. The van der Waals surface area contributed by atoms with Gasteiger partial charge in [0.15, 0.2) is 35.4 Å². The molecule has 3 aliphatic rings. The lowest BCUT2D eigenvalue weighted by molar-refractivity contribution is -0.128. The number of hydrogen-bond donors (Lipinski definition) is 7. The summed E-state index contributed by atoms with van der Waals surface area (Å²) in [6, 6.07) is 10.8. The van der Waals surface area contributed by atoms with Gasteiger partial charge in [-0.2, -0.15) is 18.1 Å². The van der Waals surface area contributed by atoms with Crippen molar-refractivity contribution >= 4 is 92.7 Å². The van der Waals surface area contributed by atoms with E-state index in [9.17, 15) is 42.1 Å². The normalized spacial score (nSPS) is 24.1. The Morgan fingerprint density at radius 1 is 0.952 bits per heavy atom. The zero-order valence-corrected chi connectivity index (χ0v) is 48.6. The van der Waals surface area contributed by atoms with Gasteiger partial charge in [-0.05, 0) is 74.7 Å². The number of carbonyl (C=O) groups is 5. The Labute approximate surface area is 483 Å². The second-order valence-corrected chi connectivity index (χ2v) is 25.3. The summed E-state index contributed by atoms with van der Waals surface area (Å²) >= 11 is 5.28. The average molecular weight is 1230 g/mol. The lowest BCUT2D eigenvalue weighted by Gasteiger charge is -2.26. The third kappa shape index (κ3) is 14.5. The molecule has 0 radical (unpaired) electrons. The topological polar surface area (TPSA) is 375 Å². The average Bonchev–Trinajstić information content (AvgIpc) is 3.97. The molecule has 4 aromatic heterocycles. The van der Waals surface area contributed by atoms with Crippen LogP contribution in [0.25, 0.3) is 22.3 Å². The van der Waals surface area contributed by atoms with E-state index in [1.165, 1.54) is 52.9 Å². The fourth-order valence-corrected chi connectivity index (χ4v) is 11.5. The van der Waals surface area contributed by atoms with Gasteiger partial charge in [-0.15, -0.1) is 0 Å². The van der Waals surface area contributed by atoms with Crippen molar-refractivity contribution in [1.29, 1.82) is 0 Å². The number of halogens is 1. The molecule has 3 saturated heterocycles. The molecule has 0 aliphatic carbocycles. The smallest absolute Gasteiger partial charge is 0.410 e. The number of alkyl halides is 1. The summed E-state index contributed by atoms with van der Waals surface area (Å²) in [6.45, 7) is 4.36. The van der Waals surface area contributed by atoms with Crippen LogP contribution in [0.1, 0.15) is 81.9 Å². The first-order chi connectivity index (χ1) is 39.7. The van der Waals surface area contributed by atoms with Crippen LogP contribution in [-0.4, -0.2) is 156 Å². The molecule has 10 atom stereocenters. The fraction of sp³-hybridized carbons (Fsp3) is 0.460. The number of ether oxygens (including phenoxy) is 4. The number of rotatable bonds is 14. The molecule has 30 nitrogen and oxygen atoms in total. The molecule has 7 heterocycles. The highest BCUT2D eigenvalue weighted by Crippen LogP contribution is 2.50. The summed E-state index contributed by atoms with van der Waals surface area (Å²) in [5, 5.41) is 10.4.